The minimum atomic E-state index is -0.640. The number of carboxylic acids is 1. The van der Waals surface area contributed by atoms with E-state index in [9.17, 15) is 9.90 Å². The zero-order valence-corrected chi connectivity index (χ0v) is 16.3. The van der Waals surface area contributed by atoms with Crippen LogP contribution in [0.25, 0.3) is 0 Å². The summed E-state index contributed by atoms with van der Waals surface area (Å²) in [6.45, 7) is 0. The van der Waals surface area contributed by atoms with Gasteiger partial charge in [-0.1, -0.05) is 96.0 Å². The summed E-state index contributed by atoms with van der Waals surface area (Å²) in [5.74, 6) is 0.157. The lowest BCUT2D eigenvalue weighted by Crippen LogP contribution is -2.16. The molecule has 1 N–H and O–H groups in total. The SMILES string of the molecule is O=C(O)C(=CC1CCCCCCCCC1)C1CCCCCCCCC1. The Labute approximate surface area is 155 Å². The minimum Gasteiger partial charge on any atom is -0.478 e. The van der Waals surface area contributed by atoms with Gasteiger partial charge in [-0.25, -0.2) is 4.79 Å². The van der Waals surface area contributed by atoms with Crippen molar-refractivity contribution in [3.8, 4) is 0 Å². The molecule has 0 atom stereocenters. The van der Waals surface area contributed by atoms with Crippen LogP contribution in [0.4, 0.5) is 0 Å². The summed E-state index contributed by atoms with van der Waals surface area (Å²) < 4.78 is 0. The first-order chi connectivity index (χ1) is 12.3. The summed E-state index contributed by atoms with van der Waals surface area (Å²) in [5.41, 5.74) is 0.766. The van der Waals surface area contributed by atoms with Gasteiger partial charge in [0.25, 0.3) is 0 Å². The Balaban J connectivity index is 2.03. The second-order valence-corrected chi connectivity index (χ2v) is 8.49. The van der Waals surface area contributed by atoms with Crippen LogP contribution in [0.2, 0.25) is 0 Å². The molecule has 2 aliphatic rings. The van der Waals surface area contributed by atoms with Gasteiger partial charge in [-0.2, -0.15) is 0 Å². The molecule has 0 aromatic rings. The number of aliphatic carboxylic acids is 1. The third kappa shape index (κ3) is 8.42. The maximum atomic E-state index is 12.0. The molecule has 2 nitrogen and oxygen atoms in total. The molecule has 25 heavy (non-hydrogen) atoms. The summed E-state index contributed by atoms with van der Waals surface area (Å²) >= 11 is 0. The Hall–Kier alpha value is -0.790. The maximum Gasteiger partial charge on any atom is 0.331 e. The summed E-state index contributed by atoms with van der Waals surface area (Å²) in [4.78, 5) is 12.0. The van der Waals surface area contributed by atoms with Crippen molar-refractivity contribution in [2.45, 2.75) is 116 Å². The van der Waals surface area contributed by atoms with Crippen LogP contribution in [0.5, 0.6) is 0 Å². The van der Waals surface area contributed by atoms with Crippen LogP contribution < -0.4 is 0 Å². The van der Waals surface area contributed by atoms with E-state index in [4.69, 9.17) is 0 Å². The third-order valence-corrected chi connectivity index (χ3v) is 6.36. The summed E-state index contributed by atoms with van der Waals surface area (Å²) in [7, 11) is 0. The van der Waals surface area contributed by atoms with E-state index >= 15 is 0 Å². The van der Waals surface area contributed by atoms with Crippen LogP contribution in [0.1, 0.15) is 116 Å². The Kier molecular flexibility index (Phi) is 10.3. The average Bonchev–Trinajstić information content (AvgIpc) is 2.62. The number of carboxylic acid groups (broad SMARTS) is 1. The first kappa shape index (κ1) is 20.5. The fourth-order valence-corrected chi connectivity index (χ4v) is 4.76. The molecule has 0 unspecified atom stereocenters. The topological polar surface area (TPSA) is 37.3 Å². The van der Waals surface area contributed by atoms with Crippen molar-refractivity contribution in [3.05, 3.63) is 11.6 Å². The fraction of sp³-hybridized carbons (Fsp3) is 0.870. The highest BCUT2D eigenvalue weighted by Gasteiger charge is 2.22. The normalized spacial score (nSPS) is 24.6. The predicted octanol–water partition coefficient (Wildman–Crippen LogP) is 7.28. The first-order valence-electron chi connectivity index (χ1n) is 11.2. The van der Waals surface area contributed by atoms with Gasteiger partial charge >= 0.3 is 5.97 Å². The van der Waals surface area contributed by atoms with Gasteiger partial charge in [0.15, 0.2) is 0 Å². The molecule has 0 aromatic heterocycles. The monoisotopic (exact) mass is 348 g/mol. The molecule has 2 rings (SSSR count). The van der Waals surface area contributed by atoms with Gasteiger partial charge in [0.05, 0.1) is 0 Å². The van der Waals surface area contributed by atoms with Gasteiger partial charge < -0.3 is 5.11 Å². The van der Waals surface area contributed by atoms with Crippen LogP contribution in [0.15, 0.2) is 11.6 Å². The molecule has 0 aromatic carbocycles. The standard InChI is InChI=1S/C23H40O2/c24-23(25)22(21-17-13-9-5-2-6-10-14-18-21)19-20-15-11-7-3-1-4-8-12-16-20/h19-21H,1-18H2,(H,24,25). The Morgan fingerprint density at radius 3 is 1.36 bits per heavy atom. The van der Waals surface area contributed by atoms with Crippen molar-refractivity contribution in [3.63, 3.8) is 0 Å². The van der Waals surface area contributed by atoms with Gasteiger partial charge in [0.1, 0.15) is 0 Å². The quantitative estimate of drug-likeness (QED) is 0.544. The van der Waals surface area contributed by atoms with Crippen LogP contribution in [-0.4, -0.2) is 11.1 Å². The van der Waals surface area contributed by atoms with Crippen molar-refractivity contribution >= 4 is 5.97 Å². The number of hydrogen-bond acceptors (Lipinski definition) is 1. The van der Waals surface area contributed by atoms with Crippen LogP contribution in [-0.2, 0) is 4.79 Å². The minimum absolute atomic E-state index is 0.297. The third-order valence-electron chi connectivity index (χ3n) is 6.36. The molecule has 0 bridgehead atoms. The second kappa shape index (κ2) is 12.5. The van der Waals surface area contributed by atoms with Crippen molar-refractivity contribution in [2.24, 2.45) is 11.8 Å². The molecular weight excluding hydrogens is 308 g/mol. The first-order valence-corrected chi connectivity index (χ1v) is 11.2. The average molecular weight is 349 g/mol. The highest BCUT2D eigenvalue weighted by Crippen LogP contribution is 2.31. The molecule has 0 radical (unpaired) electrons. The lowest BCUT2D eigenvalue weighted by atomic mass is 9.83. The van der Waals surface area contributed by atoms with Crippen LogP contribution in [0.3, 0.4) is 0 Å². The molecule has 0 aliphatic heterocycles. The Morgan fingerprint density at radius 2 is 0.960 bits per heavy atom. The molecule has 0 heterocycles. The van der Waals surface area contributed by atoms with Gasteiger partial charge in [-0.3, -0.25) is 0 Å². The zero-order valence-electron chi connectivity index (χ0n) is 16.3. The second-order valence-electron chi connectivity index (χ2n) is 8.49. The number of hydrogen-bond donors (Lipinski definition) is 1. The smallest absolute Gasteiger partial charge is 0.331 e. The van der Waals surface area contributed by atoms with Crippen molar-refractivity contribution in [2.75, 3.05) is 0 Å². The molecule has 0 spiro atoms. The molecule has 144 valence electrons. The van der Waals surface area contributed by atoms with E-state index in [1.54, 1.807) is 0 Å². The van der Waals surface area contributed by atoms with Gasteiger partial charge in [-0.15, -0.1) is 0 Å². The highest BCUT2D eigenvalue weighted by atomic mass is 16.4. The lowest BCUT2D eigenvalue weighted by Gasteiger charge is -2.22. The molecule has 2 aliphatic carbocycles. The van der Waals surface area contributed by atoms with E-state index in [-0.39, 0.29) is 0 Å². The van der Waals surface area contributed by atoms with Crippen LogP contribution >= 0.6 is 0 Å². The zero-order chi connectivity index (χ0) is 17.7. The van der Waals surface area contributed by atoms with E-state index < -0.39 is 5.97 Å². The molecule has 2 saturated carbocycles. The molecule has 0 saturated heterocycles. The van der Waals surface area contributed by atoms with Gasteiger partial charge in [0.2, 0.25) is 0 Å². The number of carbonyl (C=O) groups is 1. The van der Waals surface area contributed by atoms with Gasteiger partial charge in [0, 0.05) is 5.57 Å². The summed E-state index contributed by atoms with van der Waals surface area (Å²) in [5, 5.41) is 9.90. The van der Waals surface area contributed by atoms with Crippen LogP contribution in [0, 0.1) is 11.8 Å². The van der Waals surface area contributed by atoms with E-state index in [0.29, 0.717) is 11.8 Å². The molecule has 2 fully saturated rings. The largest absolute Gasteiger partial charge is 0.478 e. The van der Waals surface area contributed by atoms with E-state index in [2.05, 4.69) is 6.08 Å². The molecule has 0 amide bonds. The van der Waals surface area contributed by atoms with Gasteiger partial charge in [-0.05, 0) is 37.5 Å². The molecule has 2 heteroatoms. The predicted molar refractivity (Wildman–Crippen MR) is 106 cm³/mol. The molecular formula is C23H40O2. The summed E-state index contributed by atoms with van der Waals surface area (Å²) in [6, 6.07) is 0. The fourth-order valence-electron chi connectivity index (χ4n) is 4.76. The highest BCUT2D eigenvalue weighted by molar-refractivity contribution is 5.87. The van der Waals surface area contributed by atoms with E-state index in [1.165, 1.54) is 103 Å². The number of allylic oxidation sites excluding steroid dienone is 1. The van der Waals surface area contributed by atoms with Crippen molar-refractivity contribution in [1.82, 2.24) is 0 Å². The van der Waals surface area contributed by atoms with E-state index in [1.807, 2.05) is 0 Å². The Morgan fingerprint density at radius 1 is 0.600 bits per heavy atom. The van der Waals surface area contributed by atoms with Crippen molar-refractivity contribution in [1.29, 1.82) is 0 Å². The maximum absolute atomic E-state index is 12.0. The Bertz CT molecular complexity index is 379. The number of rotatable bonds is 3. The van der Waals surface area contributed by atoms with Crippen molar-refractivity contribution < 1.29 is 9.90 Å². The summed E-state index contributed by atoms with van der Waals surface area (Å²) in [6.07, 6.45) is 25.1. The lowest BCUT2D eigenvalue weighted by molar-refractivity contribution is -0.133. The van der Waals surface area contributed by atoms with E-state index in [0.717, 1.165) is 18.4 Å².